The molecule has 0 unspecified atom stereocenters. The number of hydrogen-bond donors (Lipinski definition) is 1. The van der Waals surface area contributed by atoms with E-state index in [0.717, 1.165) is 9.99 Å². The summed E-state index contributed by atoms with van der Waals surface area (Å²) in [4.78, 5) is 12.5. The molecule has 0 aliphatic rings. The third kappa shape index (κ3) is 3.90. The predicted molar refractivity (Wildman–Crippen MR) is 105 cm³/mol. The van der Waals surface area contributed by atoms with E-state index < -0.39 is 10.0 Å². The minimum absolute atomic E-state index is 0.0215. The Hall–Kier alpha value is -3.17. The number of anilines is 1. The normalized spacial score (nSPS) is 11.4. The smallest absolute Gasteiger partial charge is 0.255 e. The monoisotopic (exact) mass is 400 g/mol. The van der Waals surface area contributed by atoms with Gasteiger partial charge >= 0.3 is 0 Å². The molecule has 1 N–H and O–H groups in total. The van der Waals surface area contributed by atoms with Crippen LogP contribution in [0.2, 0.25) is 0 Å². The number of nitrogens with zero attached hydrogens (tertiary/aromatic N) is 3. The molecule has 0 aliphatic heterocycles. The maximum Gasteiger partial charge on any atom is 0.255 e. The van der Waals surface area contributed by atoms with Gasteiger partial charge in [-0.25, -0.2) is 17.4 Å². The van der Waals surface area contributed by atoms with Gasteiger partial charge in [-0.1, -0.05) is 0 Å². The van der Waals surface area contributed by atoms with Crippen molar-refractivity contribution in [1.82, 2.24) is 14.1 Å². The second-order valence-corrected chi connectivity index (χ2v) is 8.22. The highest BCUT2D eigenvalue weighted by Gasteiger charge is 2.23. The Morgan fingerprint density at radius 3 is 2.43 bits per heavy atom. The lowest BCUT2D eigenvalue weighted by Gasteiger charge is -2.16. The van der Waals surface area contributed by atoms with Crippen molar-refractivity contribution in [3.8, 4) is 11.4 Å². The van der Waals surface area contributed by atoms with Gasteiger partial charge in [0.25, 0.3) is 5.91 Å². The van der Waals surface area contributed by atoms with Crippen LogP contribution in [0.5, 0.6) is 5.75 Å². The fourth-order valence-corrected chi connectivity index (χ4v) is 3.62. The van der Waals surface area contributed by atoms with Crippen molar-refractivity contribution in [2.24, 2.45) is 0 Å². The van der Waals surface area contributed by atoms with Crippen LogP contribution in [0.3, 0.4) is 0 Å². The van der Waals surface area contributed by atoms with Crippen molar-refractivity contribution < 1.29 is 17.9 Å². The Morgan fingerprint density at radius 1 is 1.14 bits per heavy atom. The number of nitrogens with one attached hydrogen (secondary N) is 1. The van der Waals surface area contributed by atoms with Crippen LogP contribution in [0.1, 0.15) is 10.4 Å². The highest BCUT2D eigenvalue weighted by Crippen LogP contribution is 2.29. The summed E-state index contributed by atoms with van der Waals surface area (Å²) in [6, 6.07) is 13.2. The summed E-state index contributed by atoms with van der Waals surface area (Å²) in [7, 11) is 0.530. The van der Waals surface area contributed by atoms with Gasteiger partial charge in [-0.05, 0) is 48.5 Å². The first-order chi connectivity index (χ1) is 13.3. The average molecular weight is 400 g/mol. The van der Waals surface area contributed by atoms with E-state index in [-0.39, 0.29) is 16.6 Å². The number of methoxy groups -OCH3 is 1. The zero-order valence-electron chi connectivity index (χ0n) is 15.7. The number of carbonyl (C=O) groups excluding carboxylic acids is 1. The first-order valence-corrected chi connectivity index (χ1v) is 9.79. The van der Waals surface area contributed by atoms with E-state index in [4.69, 9.17) is 4.74 Å². The van der Waals surface area contributed by atoms with Gasteiger partial charge in [-0.2, -0.15) is 5.10 Å². The Labute approximate surface area is 163 Å². The molecular formula is C19H20N4O4S. The molecule has 0 saturated heterocycles. The molecule has 1 heterocycles. The summed E-state index contributed by atoms with van der Waals surface area (Å²) in [6.07, 6.45) is 3.48. The molecule has 0 atom stereocenters. The number of ether oxygens (including phenoxy) is 1. The maximum absolute atomic E-state index is 12.5. The number of amides is 1. The lowest BCUT2D eigenvalue weighted by Crippen LogP contribution is -2.23. The molecule has 9 heteroatoms. The van der Waals surface area contributed by atoms with E-state index in [1.165, 1.54) is 33.3 Å². The fraction of sp³-hybridized carbons (Fsp3) is 0.158. The standard InChI is InChI=1S/C19H20N4O4S/c1-22(2)28(25,26)18-13-15(7-10-17(18)27-3)21-19(24)14-5-8-16(9-6-14)23-12-4-11-20-23/h4-13H,1-3H3,(H,21,24). The Bertz CT molecular complexity index is 1080. The molecule has 3 rings (SSSR count). The zero-order valence-corrected chi connectivity index (χ0v) is 16.5. The van der Waals surface area contributed by atoms with Crippen LogP contribution in [0.4, 0.5) is 5.69 Å². The quantitative estimate of drug-likeness (QED) is 0.686. The van der Waals surface area contributed by atoms with Crippen molar-refractivity contribution in [1.29, 1.82) is 0 Å². The molecule has 0 bridgehead atoms. The fourth-order valence-electron chi connectivity index (χ4n) is 2.54. The van der Waals surface area contributed by atoms with E-state index in [9.17, 15) is 13.2 Å². The highest BCUT2D eigenvalue weighted by molar-refractivity contribution is 7.89. The van der Waals surface area contributed by atoms with Gasteiger partial charge in [-0.15, -0.1) is 0 Å². The highest BCUT2D eigenvalue weighted by atomic mass is 32.2. The van der Waals surface area contributed by atoms with E-state index >= 15 is 0 Å². The summed E-state index contributed by atoms with van der Waals surface area (Å²) in [5.74, 6) is -0.152. The number of benzene rings is 2. The van der Waals surface area contributed by atoms with Crippen LogP contribution >= 0.6 is 0 Å². The molecule has 146 valence electrons. The number of aromatic nitrogens is 2. The second-order valence-electron chi connectivity index (χ2n) is 6.10. The van der Waals surface area contributed by atoms with Crippen molar-refractivity contribution in [3.63, 3.8) is 0 Å². The molecule has 1 amide bonds. The molecule has 0 aliphatic carbocycles. The first-order valence-electron chi connectivity index (χ1n) is 8.35. The molecule has 8 nitrogen and oxygen atoms in total. The van der Waals surface area contributed by atoms with Crippen LogP contribution in [0, 0.1) is 0 Å². The maximum atomic E-state index is 12.5. The van der Waals surface area contributed by atoms with Gasteiger partial charge in [0.15, 0.2) is 0 Å². The van der Waals surface area contributed by atoms with Crippen molar-refractivity contribution in [2.45, 2.75) is 4.90 Å². The predicted octanol–water partition coefficient (Wildman–Crippen LogP) is 2.38. The van der Waals surface area contributed by atoms with E-state index in [1.807, 2.05) is 6.07 Å². The largest absolute Gasteiger partial charge is 0.495 e. The van der Waals surface area contributed by atoms with Crippen molar-refractivity contribution in [3.05, 3.63) is 66.5 Å². The minimum atomic E-state index is -3.73. The van der Waals surface area contributed by atoms with E-state index in [1.54, 1.807) is 47.4 Å². The third-order valence-electron chi connectivity index (χ3n) is 4.08. The molecule has 2 aromatic carbocycles. The molecule has 0 fully saturated rings. The van der Waals surface area contributed by atoms with Crippen LogP contribution in [0.25, 0.3) is 5.69 Å². The molecule has 0 spiro atoms. The topological polar surface area (TPSA) is 93.5 Å². The van der Waals surface area contributed by atoms with E-state index in [2.05, 4.69) is 10.4 Å². The Balaban J connectivity index is 1.84. The lowest BCUT2D eigenvalue weighted by molar-refractivity contribution is 0.102. The Morgan fingerprint density at radius 2 is 1.86 bits per heavy atom. The van der Waals surface area contributed by atoms with Gasteiger partial charge in [0, 0.05) is 37.7 Å². The third-order valence-corrected chi connectivity index (χ3v) is 5.91. The van der Waals surface area contributed by atoms with Gasteiger partial charge in [0.05, 0.1) is 12.8 Å². The molecule has 1 aromatic heterocycles. The van der Waals surface area contributed by atoms with Gasteiger partial charge in [-0.3, -0.25) is 4.79 Å². The number of rotatable bonds is 6. The lowest BCUT2D eigenvalue weighted by atomic mass is 10.2. The number of sulfonamides is 1. The molecule has 0 saturated carbocycles. The number of carbonyl (C=O) groups is 1. The van der Waals surface area contributed by atoms with Crippen LogP contribution in [0.15, 0.2) is 65.8 Å². The second kappa shape index (κ2) is 7.83. The summed E-state index contributed by atoms with van der Waals surface area (Å²) in [6.45, 7) is 0. The van der Waals surface area contributed by atoms with Crippen molar-refractivity contribution in [2.75, 3.05) is 26.5 Å². The van der Waals surface area contributed by atoms with Crippen molar-refractivity contribution >= 4 is 21.6 Å². The van der Waals surface area contributed by atoms with Gasteiger partial charge < -0.3 is 10.1 Å². The SMILES string of the molecule is COc1ccc(NC(=O)c2ccc(-n3cccn3)cc2)cc1S(=O)(=O)N(C)C. The van der Waals surface area contributed by atoms with E-state index in [0.29, 0.717) is 11.3 Å². The summed E-state index contributed by atoms with van der Waals surface area (Å²) in [5, 5.41) is 6.85. The summed E-state index contributed by atoms with van der Waals surface area (Å²) < 4.78 is 32.9. The molecule has 0 radical (unpaired) electrons. The van der Waals surface area contributed by atoms with Gasteiger partial charge in [0.2, 0.25) is 10.0 Å². The van der Waals surface area contributed by atoms with Crippen LogP contribution in [-0.2, 0) is 10.0 Å². The molecule has 28 heavy (non-hydrogen) atoms. The molecular weight excluding hydrogens is 380 g/mol. The number of hydrogen-bond acceptors (Lipinski definition) is 5. The minimum Gasteiger partial charge on any atom is -0.495 e. The first kappa shape index (κ1) is 19.6. The van der Waals surface area contributed by atoms with Crippen LogP contribution < -0.4 is 10.1 Å². The molecule has 3 aromatic rings. The average Bonchev–Trinajstić information content (AvgIpc) is 3.22. The zero-order chi connectivity index (χ0) is 20.3. The summed E-state index contributed by atoms with van der Waals surface area (Å²) >= 11 is 0. The van der Waals surface area contributed by atoms with Crippen LogP contribution in [-0.4, -0.2) is 49.6 Å². The summed E-state index contributed by atoms with van der Waals surface area (Å²) in [5.41, 5.74) is 1.61. The van der Waals surface area contributed by atoms with Gasteiger partial charge in [0.1, 0.15) is 10.6 Å². The Kier molecular flexibility index (Phi) is 5.48.